The fraction of sp³-hybridized carbons (Fsp3) is 0.538. The average Bonchev–Trinajstić information content (AvgIpc) is 2.73. The number of aliphatic hydroxyl groups is 1. The molecule has 1 amide bonds. The molecule has 0 fully saturated rings. The molecule has 2 N–H and O–H groups in total. The minimum Gasteiger partial charge on any atom is -0.391 e. The van der Waals surface area contributed by atoms with Crippen LogP contribution in [0, 0.1) is 0 Å². The lowest BCUT2D eigenvalue weighted by molar-refractivity contribution is -0.121. The number of carbonyl (C=O) groups is 2. The minimum atomic E-state index is -0.537. The van der Waals surface area contributed by atoms with Crippen molar-refractivity contribution in [3.63, 3.8) is 0 Å². The quantitative estimate of drug-likeness (QED) is 0.715. The zero-order valence-electron chi connectivity index (χ0n) is 11.1. The lowest BCUT2D eigenvalue weighted by Crippen LogP contribution is -2.32. The molecule has 0 spiro atoms. The Bertz CT molecular complexity index is 476. The molecule has 20 heavy (non-hydrogen) atoms. The van der Waals surface area contributed by atoms with Gasteiger partial charge in [-0.05, 0) is 12.5 Å². The van der Waals surface area contributed by atoms with Crippen molar-refractivity contribution in [2.75, 3.05) is 6.54 Å². The molecule has 0 radical (unpaired) electrons. The summed E-state index contributed by atoms with van der Waals surface area (Å²) in [6.45, 7) is 2.17. The summed E-state index contributed by atoms with van der Waals surface area (Å²) >= 11 is 12.8. The van der Waals surface area contributed by atoms with Crippen LogP contribution in [0.4, 0.5) is 0 Å². The van der Waals surface area contributed by atoms with Crippen molar-refractivity contribution >= 4 is 46.2 Å². The average molecular weight is 338 g/mol. The van der Waals surface area contributed by atoms with E-state index in [0.717, 1.165) is 17.8 Å². The molecule has 0 aliphatic rings. The van der Waals surface area contributed by atoms with Crippen molar-refractivity contribution in [1.29, 1.82) is 0 Å². The van der Waals surface area contributed by atoms with E-state index in [-0.39, 0.29) is 31.1 Å². The molecule has 0 aromatic carbocycles. The fourth-order valence-corrected chi connectivity index (χ4v) is 3.15. The van der Waals surface area contributed by atoms with Gasteiger partial charge in [-0.25, -0.2) is 0 Å². The smallest absolute Gasteiger partial charge is 0.220 e. The Morgan fingerprint density at radius 2 is 2.10 bits per heavy atom. The van der Waals surface area contributed by atoms with Crippen LogP contribution in [0.3, 0.4) is 0 Å². The summed E-state index contributed by atoms with van der Waals surface area (Å²) in [6, 6.07) is 1.51. The fourth-order valence-electron chi connectivity index (χ4n) is 1.65. The maximum Gasteiger partial charge on any atom is 0.220 e. The maximum atomic E-state index is 11.9. The van der Waals surface area contributed by atoms with Crippen molar-refractivity contribution < 1.29 is 14.7 Å². The van der Waals surface area contributed by atoms with Gasteiger partial charge in [-0.15, -0.1) is 11.3 Å². The van der Waals surface area contributed by atoms with Crippen molar-refractivity contribution in [3.8, 4) is 0 Å². The van der Waals surface area contributed by atoms with Gasteiger partial charge in [-0.3, -0.25) is 9.59 Å². The van der Waals surface area contributed by atoms with Crippen LogP contribution in [0.25, 0.3) is 0 Å². The topological polar surface area (TPSA) is 66.4 Å². The standard InChI is InChI=1S/C13H17Cl2NO3S/c1-2-3-8(17)7-16-12(19)5-4-10(18)9-6-11(14)20-13(9)15/h6,8,17H,2-5,7H2,1H3,(H,16,19). The van der Waals surface area contributed by atoms with Crippen LogP contribution in [0.2, 0.25) is 8.67 Å². The molecule has 0 saturated carbocycles. The van der Waals surface area contributed by atoms with Crippen LogP contribution in [0.5, 0.6) is 0 Å². The summed E-state index contributed by atoms with van der Waals surface area (Å²) in [5, 5.41) is 12.1. The Kier molecular flexibility index (Phi) is 7.51. The van der Waals surface area contributed by atoms with Gasteiger partial charge in [0.25, 0.3) is 0 Å². The molecule has 1 aromatic heterocycles. The van der Waals surface area contributed by atoms with Gasteiger partial charge >= 0.3 is 0 Å². The Morgan fingerprint density at radius 1 is 1.40 bits per heavy atom. The van der Waals surface area contributed by atoms with E-state index in [1.165, 1.54) is 6.07 Å². The van der Waals surface area contributed by atoms with Crippen LogP contribution in [-0.4, -0.2) is 29.4 Å². The maximum absolute atomic E-state index is 11.9. The predicted molar refractivity (Wildman–Crippen MR) is 81.8 cm³/mol. The first-order valence-electron chi connectivity index (χ1n) is 6.36. The highest BCUT2D eigenvalue weighted by atomic mass is 35.5. The van der Waals surface area contributed by atoms with Gasteiger partial charge in [0.2, 0.25) is 5.91 Å². The monoisotopic (exact) mass is 337 g/mol. The Hall–Kier alpha value is -0.620. The van der Waals surface area contributed by atoms with E-state index in [1.807, 2.05) is 6.92 Å². The Morgan fingerprint density at radius 3 is 2.65 bits per heavy atom. The highest BCUT2D eigenvalue weighted by Gasteiger charge is 2.15. The summed E-state index contributed by atoms with van der Waals surface area (Å²) in [5.41, 5.74) is 0.362. The minimum absolute atomic E-state index is 0.0709. The van der Waals surface area contributed by atoms with Gasteiger partial charge in [-0.2, -0.15) is 0 Å². The van der Waals surface area contributed by atoms with E-state index >= 15 is 0 Å². The van der Waals surface area contributed by atoms with E-state index < -0.39 is 6.10 Å². The van der Waals surface area contributed by atoms with Gasteiger partial charge in [0, 0.05) is 24.9 Å². The number of Topliss-reactive ketones (excluding diaryl/α,β-unsaturated/α-hetero) is 1. The lowest BCUT2D eigenvalue weighted by atomic mass is 10.1. The first-order chi connectivity index (χ1) is 9.43. The molecular weight excluding hydrogens is 321 g/mol. The number of amides is 1. The van der Waals surface area contributed by atoms with Crippen molar-refractivity contribution in [2.24, 2.45) is 0 Å². The first kappa shape index (κ1) is 17.4. The van der Waals surface area contributed by atoms with E-state index in [1.54, 1.807) is 0 Å². The van der Waals surface area contributed by atoms with Crippen molar-refractivity contribution in [2.45, 2.75) is 38.7 Å². The molecule has 7 heteroatoms. The Balaban J connectivity index is 2.34. The number of carbonyl (C=O) groups excluding carboxylic acids is 2. The number of ketones is 1. The second-order valence-electron chi connectivity index (χ2n) is 4.41. The van der Waals surface area contributed by atoms with E-state index in [9.17, 15) is 14.7 Å². The van der Waals surface area contributed by atoms with Crippen molar-refractivity contribution in [1.82, 2.24) is 5.32 Å². The van der Waals surface area contributed by atoms with Gasteiger partial charge in [-0.1, -0.05) is 36.5 Å². The molecule has 0 aliphatic carbocycles. The third-order valence-electron chi connectivity index (χ3n) is 2.69. The molecular formula is C13H17Cl2NO3S. The molecule has 4 nitrogen and oxygen atoms in total. The zero-order valence-corrected chi connectivity index (χ0v) is 13.4. The second-order valence-corrected chi connectivity index (χ2v) is 6.69. The number of hydrogen-bond donors (Lipinski definition) is 2. The highest BCUT2D eigenvalue weighted by molar-refractivity contribution is 7.20. The summed E-state index contributed by atoms with van der Waals surface area (Å²) in [4.78, 5) is 23.4. The summed E-state index contributed by atoms with van der Waals surface area (Å²) < 4.78 is 0.796. The number of aliphatic hydroxyl groups excluding tert-OH is 1. The number of nitrogens with one attached hydrogen (secondary N) is 1. The van der Waals surface area contributed by atoms with Crippen molar-refractivity contribution in [3.05, 3.63) is 20.3 Å². The van der Waals surface area contributed by atoms with Gasteiger partial charge in [0.1, 0.15) is 4.34 Å². The Labute approximate surface area is 132 Å². The van der Waals surface area contributed by atoms with Crippen LogP contribution in [0.15, 0.2) is 6.07 Å². The molecule has 1 atom stereocenters. The number of thiophene rings is 1. The number of hydrogen-bond acceptors (Lipinski definition) is 4. The normalized spacial score (nSPS) is 12.2. The molecule has 1 rings (SSSR count). The van der Waals surface area contributed by atoms with Crippen LogP contribution in [0.1, 0.15) is 43.0 Å². The summed E-state index contributed by atoms with van der Waals surface area (Å²) in [5.74, 6) is -0.464. The summed E-state index contributed by atoms with van der Waals surface area (Å²) in [7, 11) is 0. The van der Waals surface area contributed by atoms with E-state index in [4.69, 9.17) is 23.2 Å². The first-order valence-corrected chi connectivity index (χ1v) is 7.94. The van der Waals surface area contributed by atoms with Gasteiger partial charge in [0.15, 0.2) is 5.78 Å². The van der Waals surface area contributed by atoms with E-state index in [2.05, 4.69) is 5.32 Å². The van der Waals surface area contributed by atoms with Crippen LogP contribution < -0.4 is 5.32 Å². The highest BCUT2D eigenvalue weighted by Crippen LogP contribution is 2.32. The van der Waals surface area contributed by atoms with Crippen LogP contribution >= 0.6 is 34.5 Å². The number of rotatable bonds is 8. The lowest BCUT2D eigenvalue weighted by Gasteiger charge is -2.10. The van der Waals surface area contributed by atoms with E-state index in [0.29, 0.717) is 20.7 Å². The third kappa shape index (κ3) is 5.79. The second kappa shape index (κ2) is 8.62. The van der Waals surface area contributed by atoms with Gasteiger partial charge < -0.3 is 10.4 Å². The SMILES string of the molecule is CCCC(O)CNC(=O)CCC(=O)c1cc(Cl)sc1Cl. The predicted octanol–water partition coefficient (Wildman–Crippen LogP) is 3.30. The molecule has 112 valence electrons. The molecule has 1 heterocycles. The number of halogens is 2. The molecule has 0 saturated heterocycles. The largest absolute Gasteiger partial charge is 0.391 e. The van der Waals surface area contributed by atoms with Gasteiger partial charge in [0.05, 0.1) is 10.4 Å². The zero-order chi connectivity index (χ0) is 15.1. The molecule has 1 aromatic rings. The molecule has 1 unspecified atom stereocenters. The summed E-state index contributed by atoms with van der Waals surface area (Å²) in [6.07, 6.45) is 1.10. The molecule has 0 bridgehead atoms. The third-order valence-corrected chi connectivity index (χ3v) is 4.18. The molecule has 0 aliphatic heterocycles. The van der Waals surface area contributed by atoms with Crippen LogP contribution in [-0.2, 0) is 4.79 Å².